The molecule has 1 N–H and O–H groups in total. The molecule has 106 valence electrons. The third-order valence-electron chi connectivity index (χ3n) is 4.45. The summed E-state index contributed by atoms with van der Waals surface area (Å²) in [7, 11) is 2.02. The largest absolute Gasteiger partial charge is 0.492 e. The van der Waals surface area contributed by atoms with Crippen LogP contribution in [0.1, 0.15) is 44.2 Å². The van der Waals surface area contributed by atoms with E-state index in [1.54, 1.807) is 0 Å². The van der Waals surface area contributed by atoms with Gasteiger partial charge in [-0.05, 0) is 61.9 Å². The van der Waals surface area contributed by atoms with Crippen LogP contribution in [0.4, 0.5) is 0 Å². The van der Waals surface area contributed by atoms with Gasteiger partial charge in [0.2, 0.25) is 0 Å². The van der Waals surface area contributed by atoms with Crippen LogP contribution in [-0.4, -0.2) is 19.7 Å². The Morgan fingerprint density at radius 2 is 1.95 bits per heavy atom. The van der Waals surface area contributed by atoms with E-state index in [4.69, 9.17) is 4.74 Å². The number of hydrogen-bond donors (Lipinski definition) is 1. The van der Waals surface area contributed by atoms with Crippen molar-refractivity contribution in [2.45, 2.75) is 52.0 Å². The summed E-state index contributed by atoms with van der Waals surface area (Å²) < 4.78 is 5.99. The highest BCUT2D eigenvalue weighted by Crippen LogP contribution is 2.25. The summed E-state index contributed by atoms with van der Waals surface area (Å²) in [5.74, 6) is 1.67. The van der Waals surface area contributed by atoms with Gasteiger partial charge in [0.25, 0.3) is 0 Å². The fourth-order valence-electron chi connectivity index (χ4n) is 2.80. The topological polar surface area (TPSA) is 21.3 Å². The van der Waals surface area contributed by atoms with Gasteiger partial charge in [-0.1, -0.05) is 26.3 Å². The minimum absolute atomic E-state index is 0.432. The Bertz CT molecular complexity index is 402. The Labute approximate surface area is 117 Å². The lowest BCUT2D eigenvalue weighted by Gasteiger charge is -2.23. The Kier molecular flexibility index (Phi) is 5.26. The number of fused-ring (bicyclic) bond motifs is 1. The van der Waals surface area contributed by atoms with Gasteiger partial charge in [-0.2, -0.15) is 0 Å². The van der Waals surface area contributed by atoms with Gasteiger partial charge in [-0.25, -0.2) is 0 Å². The van der Waals surface area contributed by atoms with Crippen molar-refractivity contribution in [3.05, 3.63) is 29.3 Å². The highest BCUT2D eigenvalue weighted by atomic mass is 16.5. The van der Waals surface area contributed by atoms with E-state index >= 15 is 0 Å². The second kappa shape index (κ2) is 6.95. The number of benzene rings is 1. The summed E-state index contributed by atoms with van der Waals surface area (Å²) >= 11 is 0. The molecule has 1 aromatic carbocycles. The van der Waals surface area contributed by atoms with Gasteiger partial charge in [-0.3, -0.25) is 0 Å². The second-order valence-electron chi connectivity index (χ2n) is 5.73. The zero-order chi connectivity index (χ0) is 13.7. The fraction of sp³-hybridized carbons (Fsp3) is 0.647. The van der Waals surface area contributed by atoms with Crippen molar-refractivity contribution in [3.63, 3.8) is 0 Å². The molecule has 0 spiro atoms. The number of hydrogen-bond acceptors (Lipinski definition) is 2. The van der Waals surface area contributed by atoms with E-state index in [1.165, 1.54) is 43.2 Å². The maximum absolute atomic E-state index is 5.99. The molecule has 0 amide bonds. The van der Waals surface area contributed by atoms with Crippen molar-refractivity contribution in [1.82, 2.24) is 5.32 Å². The predicted octanol–water partition coefficient (Wildman–Crippen LogP) is 3.58. The third kappa shape index (κ3) is 3.73. The molecule has 2 rings (SSSR count). The van der Waals surface area contributed by atoms with Crippen LogP contribution in [0, 0.1) is 5.92 Å². The summed E-state index contributed by atoms with van der Waals surface area (Å²) in [5, 5.41) is 3.36. The molecule has 1 aliphatic rings. The van der Waals surface area contributed by atoms with Crippen LogP contribution < -0.4 is 10.1 Å². The Hall–Kier alpha value is -1.02. The van der Waals surface area contributed by atoms with E-state index in [0.29, 0.717) is 12.0 Å². The standard InChI is InChI=1S/C17H27NO/c1-4-13(2)17(18-3)12-19-16-10-9-14-7-5-6-8-15(14)11-16/h9-11,13,17-18H,4-8,12H2,1-3H3. The fourth-order valence-corrected chi connectivity index (χ4v) is 2.80. The molecule has 2 heteroatoms. The van der Waals surface area contributed by atoms with Crippen LogP contribution in [-0.2, 0) is 12.8 Å². The average molecular weight is 261 g/mol. The molecule has 0 radical (unpaired) electrons. The number of nitrogens with one attached hydrogen (secondary N) is 1. The molecule has 0 aromatic heterocycles. The first-order chi connectivity index (χ1) is 9.24. The van der Waals surface area contributed by atoms with Crippen molar-refractivity contribution in [3.8, 4) is 5.75 Å². The van der Waals surface area contributed by atoms with Crippen LogP contribution in [0.25, 0.3) is 0 Å². The second-order valence-corrected chi connectivity index (χ2v) is 5.73. The van der Waals surface area contributed by atoms with Crippen molar-refractivity contribution in [2.24, 2.45) is 5.92 Å². The van der Waals surface area contributed by atoms with Crippen molar-refractivity contribution in [2.75, 3.05) is 13.7 Å². The smallest absolute Gasteiger partial charge is 0.119 e. The number of aryl methyl sites for hydroxylation is 2. The van der Waals surface area contributed by atoms with E-state index in [0.717, 1.165) is 12.4 Å². The van der Waals surface area contributed by atoms with Crippen LogP contribution in [0.2, 0.25) is 0 Å². The molecule has 0 heterocycles. The minimum atomic E-state index is 0.432. The highest BCUT2D eigenvalue weighted by Gasteiger charge is 2.15. The number of likely N-dealkylation sites (N-methyl/N-ethyl adjacent to an activating group) is 1. The van der Waals surface area contributed by atoms with E-state index in [2.05, 4.69) is 37.4 Å². The first-order valence-corrected chi connectivity index (χ1v) is 7.66. The highest BCUT2D eigenvalue weighted by molar-refractivity contribution is 5.37. The van der Waals surface area contributed by atoms with Gasteiger partial charge in [0, 0.05) is 6.04 Å². The lowest BCUT2D eigenvalue weighted by molar-refractivity contribution is 0.228. The van der Waals surface area contributed by atoms with Gasteiger partial charge >= 0.3 is 0 Å². The summed E-state index contributed by atoms with van der Waals surface area (Å²) in [6.45, 7) is 5.26. The zero-order valence-electron chi connectivity index (χ0n) is 12.5. The van der Waals surface area contributed by atoms with Gasteiger partial charge in [0.1, 0.15) is 12.4 Å². The number of rotatable bonds is 6. The molecule has 2 nitrogen and oxygen atoms in total. The zero-order valence-corrected chi connectivity index (χ0v) is 12.5. The third-order valence-corrected chi connectivity index (χ3v) is 4.45. The van der Waals surface area contributed by atoms with E-state index in [1.807, 2.05) is 7.05 Å². The monoisotopic (exact) mass is 261 g/mol. The predicted molar refractivity (Wildman–Crippen MR) is 80.9 cm³/mol. The summed E-state index contributed by atoms with van der Waals surface area (Å²) in [6, 6.07) is 7.06. The SMILES string of the molecule is CCC(C)C(COc1ccc2c(c1)CCCC2)NC. The maximum atomic E-state index is 5.99. The molecule has 1 aliphatic carbocycles. The minimum Gasteiger partial charge on any atom is -0.492 e. The van der Waals surface area contributed by atoms with E-state index < -0.39 is 0 Å². The Morgan fingerprint density at radius 3 is 2.63 bits per heavy atom. The molecule has 0 bridgehead atoms. The van der Waals surface area contributed by atoms with Crippen LogP contribution in [0.5, 0.6) is 5.75 Å². The molecule has 0 fully saturated rings. The average Bonchev–Trinajstić information content (AvgIpc) is 2.47. The van der Waals surface area contributed by atoms with Crippen molar-refractivity contribution in [1.29, 1.82) is 0 Å². The molecular formula is C17H27NO. The molecular weight excluding hydrogens is 234 g/mol. The van der Waals surface area contributed by atoms with Crippen LogP contribution >= 0.6 is 0 Å². The van der Waals surface area contributed by atoms with Gasteiger partial charge < -0.3 is 10.1 Å². The molecule has 0 saturated heterocycles. The van der Waals surface area contributed by atoms with E-state index in [9.17, 15) is 0 Å². The van der Waals surface area contributed by atoms with Crippen molar-refractivity contribution >= 4 is 0 Å². The lowest BCUT2D eigenvalue weighted by Crippen LogP contribution is -2.37. The van der Waals surface area contributed by atoms with E-state index in [-0.39, 0.29) is 0 Å². The van der Waals surface area contributed by atoms with Gasteiger partial charge in [0.15, 0.2) is 0 Å². The van der Waals surface area contributed by atoms with Crippen LogP contribution in [0.15, 0.2) is 18.2 Å². The Morgan fingerprint density at radius 1 is 1.21 bits per heavy atom. The first kappa shape index (κ1) is 14.4. The van der Waals surface area contributed by atoms with Crippen molar-refractivity contribution < 1.29 is 4.74 Å². The van der Waals surface area contributed by atoms with Gasteiger partial charge in [0.05, 0.1) is 0 Å². The molecule has 2 atom stereocenters. The van der Waals surface area contributed by atoms with Crippen LogP contribution in [0.3, 0.4) is 0 Å². The maximum Gasteiger partial charge on any atom is 0.119 e. The number of ether oxygens (including phenoxy) is 1. The summed E-state index contributed by atoms with van der Waals surface area (Å²) in [6.07, 6.45) is 6.29. The molecule has 0 saturated carbocycles. The summed E-state index contributed by atoms with van der Waals surface area (Å²) in [5.41, 5.74) is 3.01. The molecule has 0 aliphatic heterocycles. The quantitative estimate of drug-likeness (QED) is 0.845. The molecule has 19 heavy (non-hydrogen) atoms. The first-order valence-electron chi connectivity index (χ1n) is 7.66. The summed E-state index contributed by atoms with van der Waals surface area (Å²) in [4.78, 5) is 0. The lowest BCUT2D eigenvalue weighted by atomic mass is 9.92. The Balaban J connectivity index is 1.95. The van der Waals surface area contributed by atoms with Gasteiger partial charge in [-0.15, -0.1) is 0 Å². The molecule has 1 aromatic rings. The molecule has 2 unspecified atom stereocenters. The normalized spacial score (nSPS) is 17.6.